The highest BCUT2D eigenvalue weighted by Gasteiger charge is 2.49. The van der Waals surface area contributed by atoms with Crippen LogP contribution in [-0.2, 0) is 27.2 Å². The molecule has 1 saturated heterocycles. The van der Waals surface area contributed by atoms with E-state index in [0.29, 0.717) is 18.0 Å². The van der Waals surface area contributed by atoms with Crippen molar-refractivity contribution >= 4 is 18.3 Å². The predicted molar refractivity (Wildman–Crippen MR) is 106 cm³/mol. The zero-order valence-corrected chi connectivity index (χ0v) is 16.9. The number of aliphatic carboxylic acids is 1. The van der Waals surface area contributed by atoms with Gasteiger partial charge in [-0.15, -0.1) is 0 Å². The Morgan fingerprint density at radius 3 is 2.43 bits per heavy atom. The molecule has 3 N–H and O–H groups in total. The molecule has 0 bridgehead atoms. The molecule has 1 aromatic carbocycles. The number of piperidine rings is 1. The third-order valence-electron chi connectivity index (χ3n) is 5.51. The summed E-state index contributed by atoms with van der Waals surface area (Å²) in [7, 11) is 0. The lowest BCUT2D eigenvalue weighted by Gasteiger charge is -2.43. The Morgan fingerprint density at radius 1 is 1.30 bits per heavy atom. The van der Waals surface area contributed by atoms with Gasteiger partial charge in [0.15, 0.2) is 0 Å². The van der Waals surface area contributed by atoms with E-state index in [0.717, 1.165) is 11.1 Å². The van der Waals surface area contributed by atoms with Crippen LogP contribution in [0.1, 0.15) is 29.0 Å². The molecule has 1 fully saturated rings. The van der Waals surface area contributed by atoms with Gasteiger partial charge in [-0.1, -0.05) is 35.5 Å². The van der Waals surface area contributed by atoms with Gasteiger partial charge in [0.25, 0.3) is 6.47 Å². The van der Waals surface area contributed by atoms with E-state index in [4.69, 9.17) is 14.4 Å². The molecule has 9 heteroatoms. The fraction of sp³-hybridized carbons (Fsp3) is 0.429. The molecule has 3 rings (SSSR count). The van der Waals surface area contributed by atoms with E-state index >= 15 is 0 Å². The highest BCUT2D eigenvalue weighted by Crippen LogP contribution is 2.36. The van der Waals surface area contributed by atoms with E-state index in [9.17, 15) is 19.8 Å². The number of carbonyl (C=O) groups excluding carboxylic acids is 1. The van der Waals surface area contributed by atoms with Crippen molar-refractivity contribution in [2.75, 3.05) is 13.1 Å². The number of aryl methyl sites for hydroxylation is 2. The molecule has 162 valence electrons. The predicted octanol–water partition coefficient (Wildman–Crippen LogP) is 1.44. The Labute approximate surface area is 173 Å². The third-order valence-corrected chi connectivity index (χ3v) is 5.51. The quantitative estimate of drug-likeness (QED) is 0.620. The summed E-state index contributed by atoms with van der Waals surface area (Å²) in [6, 6.07) is 9.27. The Hall–Kier alpha value is -3.20. The minimum atomic E-state index is -1.29. The number of benzene rings is 1. The van der Waals surface area contributed by atoms with Crippen LogP contribution in [0.5, 0.6) is 0 Å². The summed E-state index contributed by atoms with van der Waals surface area (Å²) in [4.78, 5) is 34.6. The molecule has 2 aromatic rings. The molecule has 2 atom stereocenters. The van der Waals surface area contributed by atoms with Crippen molar-refractivity contribution in [3.8, 4) is 0 Å². The van der Waals surface area contributed by atoms with Crippen LogP contribution in [0, 0.1) is 19.3 Å². The molecule has 2 heterocycles. The molecule has 1 aromatic heterocycles. The van der Waals surface area contributed by atoms with Gasteiger partial charge in [0, 0.05) is 18.7 Å². The zero-order valence-electron chi connectivity index (χ0n) is 16.9. The van der Waals surface area contributed by atoms with E-state index in [1.54, 1.807) is 13.8 Å². The first-order valence-electron chi connectivity index (χ1n) is 9.48. The van der Waals surface area contributed by atoms with Crippen molar-refractivity contribution < 1.29 is 34.2 Å². The zero-order chi connectivity index (χ0) is 22.3. The SMILES string of the molecule is Cc1noc(C)c1CC(=O)N1CC[C@](Cc2ccccc2)(C(=O)O)[C@H](O)C1.O=CO. The number of aromatic nitrogens is 1. The van der Waals surface area contributed by atoms with Gasteiger partial charge in [-0.2, -0.15) is 0 Å². The van der Waals surface area contributed by atoms with Crippen LogP contribution in [0.4, 0.5) is 0 Å². The standard InChI is InChI=1S/C20H24N2O5.CH2O2/c1-13-16(14(2)27-21-13)10-18(24)22-9-8-20(19(25)26,17(23)12-22)11-15-6-4-3-5-7-15;2-1-3/h3-7,17,23H,8-12H2,1-2H3,(H,25,26);1H,(H,2,3)/t17-,20-;/m1./s1. The number of rotatable bonds is 5. The molecule has 0 radical (unpaired) electrons. The molecular formula is C21H26N2O7. The molecule has 0 unspecified atom stereocenters. The molecule has 9 nitrogen and oxygen atoms in total. The highest BCUT2D eigenvalue weighted by atomic mass is 16.5. The van der Waals surface area contributed by atoms with E-state index in [1.807, 2.05) is 30.3 Å². The maximum Gasteiger partial charge on any atom is 0.312 e. The van der Waals surface area contributed by atoms with Crippen molar-refractivity contribution in [3.05, 3.63) is 52.9 Å². The van der Waals surface area contributed by atoms with Crippen LogP contribution < -0.4 is 0 Å². The van der Waals surface area contributed by atoms with Gasteiger partial charge in [-0.3, -0.25) is 14.4 Å². The fourth-order valence-corrected chi connectivity index (χ4v) is 3.71. The minimum absolute atomic E-state index is 0.00133. The average molecular weight is 418 g/mol. The Bertz CT molecular complexity index is 861. The van der Waals surface area contributed by atoms with Crippen molar-refractivity contribution in [3.63, 3.8) is 0 Å². The second-order valence-electron chi connectivity index (χ2n) is 7.31. The lowest BCUT2D eigenvalue weighted by molar-refractivity contribution is -0.165. The van der Waals surface area contributed by atoms with Gasteiger partial charge >= 0.3 is 5.97 Å². The largest absolute Gasteiger partial charge is 0.483 e. The van der Waals surface area contributed by atoms with Crippen LogP contribution in [0.25, 0.3) is 0 Å². The number of nitrogens with zero attached hydrogens (tertiary/aromatic N) is 2. The summed E-state index contributed by atoms with van der Waals surface area (Å²) >= 11 is 0. The lowest BCUT2D eigenvalue weighted by Crippen LogP contribution is -2.57. The molecule has 30 heavy (non-hydrogen) atoms. The van der Waals surface area contributed by atoms with E-state index < -0.39 is 17.5 Å². The minimum Gasteiger partial charge on any atom is -0.483 e. The second kappa shape index (κ2) is 10.0. The first kappa shape index (κ1) is 23.1. The Balaban J connectivity index is 0.00000101. The summed E-state index contributed by atoms with van der Waals surface area (Å²) < 4.78 is 5.09. The summed E-state index contributed by atoms with van der Waals surface area (Å²) in [6.45, 7) is 3.57. The van der Waals surface area contributed by atoms with Gasteiger partial charge in [-0.25, -0.2) is 0 Å². The molecule has 1 amide bonds. The molecular weight excluding hydrogens is 392 g/mol. The molecule has 0 aliphatic carbocycles. The van der Waals surface area contributed by atoms with E-state index in [2.05, 4.69) is 5.16 Å². The summed E-state index contributed by atoms with van der Waals surface area (Å²) in [6.07, 6.45) is -0.577. The number of carboxylic acids is 1. The number of likely N-dealkylation sites (tertiary alicyclic amines) is 1. The number of hydrogen-bond donors (Lipinski definition) is 3. The van der Waals surface area contributed by atoms with Gasteiger partial charge in [0.1, 0.15) is 11.2 Å². The molecule has 0 spiro atoms. The van der Waals surface area contributed by atoms with Gasteiger partial charge in [0.2, 0.25) is 5.91 Å². The van der Waals surface area contributed by atoms with Crippen LogP contribution in [0.15, 0.2) is 34.9 Å². The monoisotopic (exact) mass is 418 g/mol. The fourth-order valence-electron chi connectivity index (χ4n) is 3.71. The summed E-state index contributed by atoms with van der Waals surface area (Å²) in [5.41, 5.74) is 0.979. The number of carbonyl (C=O) groups is 3. The van der Waals surface area contributed by atoms with Gasteiger partial charge in [0.05, 0.1) is 18.2 Å². The van der Waals surface area contributed by atoms with Crippen LogP contribution >= 0.6 is 0 Å². The highest BCUT2D eigenvalue weighted by molar-refractivity contribution is 5.81. The molecule has 1 aliphatic rings. The topological polar surface area (TPSA) is 141 Å². The van der Waals surface area contributed by atoms with Crippen molar-refractivity contribution in [1.29, 1.82) is 0 Å². The number of aliphatic hydroxyl groups excluding tert-OH is 1. The van der Waals surface area contributed by atoms with Crippen LogP contribution in [-0.4, -0.2) is 62.9 Å². The summed E-state index contributed by atoms with van der Waals surface area (Å²) in [5.74, 6) is -0.596. The van der Waals surface area contributed by atoms with Crippen molar-refractivity contribution in [2.24, 2.45) is 5.41 Å². The van der Waals surface area contributed by atoms with Gasteiger partial charge in [-0.05, 0) is 32.3 Å². The average Bonchev–Trinajstić information content (AvgIpc) is 3.02. The first-order chi connectivity index (χ1) is 14.2. The van der Waals surface area contributed by atoms with E-state index in [1.165, 1.54) is 4.90 Å². The number of aliphatic hydroxyl groups is 1. The summed E-state index contributed by atoms with van der Waals surface area (Å²) in [5, 5.41) is 31.3. The Morgan fingerprint density at radius 2 is 1.93 bits per heavy atom. The molecule has 1 aliphatic heterocycles. The maximum atomic E-state index is 12.7. The van der Waals surface area contributed by atoms with Crippen molar-refractivity contribution in [2.45, 2.75) is 39.2 Å². The smallest absolute Gasteiger partial charge is 0.312 e. The number of carboxylic acid groups (broad SMARTS) is 2. The lowest BCUT2D eigenvalue weighted by atomic mass is 9.71. The van der Waals surface area contributed by atoms with Gasteiger partial charge < -0.3 is 24.7 Å². The van der Waals surface area contributed by atoms with Crippen LogP contribution in [0.3, 0.4) is 0 Å². The second-order valence-corrected chi connectivity index (χ2v) is 7.31. The molecule has 0 saturated carbocycles. The first-order valence-corrected chi connectivity index (χ1v) is 9.48. The van der Waals surface area contributed by atoms with E-state index in [-0.39, 0.29) is 38.2 Å². The third kappa shape index (κ3) is 5.04. The van der Waals surface area contributed by atoms with Crippen LogP contribution in [0.2, 0.25) is 0 Å². The number of β-amino-alcohol motifs (C(OH)–C–C–N with tert-alkyl or cyclic N) is 1. The maximum absolute atomic E-state index is 12.7. The van der Waals surface area contributed by atoms with Crippen molar-refractivity contribution in [1.82, 2.24) is 10.1 Å². The number of hydrogen-bond acceptors (Lipinski definition) is 6. The Kier molecular flexibility index (Phi) is 7.71. The number of amides is 1. The normalized spacial score (nSPS) is 20.8.